The maximum Gasteiger partial charge on any atom is 0.415 e. The molecule has 1 unspecified atom stereocenters. The zero-order chi connectivity index (χ0) is 27.5. The molecule has 13 nitrogen and oxygen atoms in total. The Morgan fingerprint density at radius 3 is 2.62 bits per heavy atom. The number of aliphatic hydroxyl groups is 3. The number of nitrogens with two attached hydrogens (primary N) is 1. The largest absolute Gasteiger partial charge is 0.493 e. The number of para-hydroxylation sites is 2. The lowest BCUT2D eigenvalue weighted by molar-refractivity contribution is -0.0511. The van der Waals surface area contributed by atoms with Crippen LogP contribution in [0.4, 0.5) is 10.6 Å². The number of piperidine rings is 1. The number of aliphatic hydroxyl groups excluding tert-OH is 3. The van der Waals surface area contributed by atoms with Crippen molar-refractivity contribution in [2.24, 2.45) is 5.92 Å². The Bertz CT molecular complexity index is 1390. The number of nitrogen functional groups attached to an aromatic ring is 1. The summed E-state index contributed by atoms with van der Waals surface area (Å²) in [7, 11) is 1.53. The molecule has 2 aliphatic heterocycles. The fraction of sp³-hybridized carbons (Fsp3) is 0.462. The average Bonchev–Trinajstić information content (AvgIpc) is 3.49. The van der Waals surface area contributed by atoms with E-state index in [1.807, 2.05) is 6.07 Å². The fourth-order valence-electron chi connectivity index (χ4n) is 4.75. The highest BCUT2D eigenvalue weighted by atomic mass is 16.6. The van der Waals surface area contributed by atoms with Gasteiger partial charge in [0, 0.05) is 19.5 Å². The maximum absolute atomic E-state index is 12.6. The van der Waals surface area contributed by atoms with Crippen molar-refractivity contribution in [3.8, 4) is 23.3 Å². The predicted octanol–water partition coefficient (Wildman–Crippen LogP) is 0.681. The SMILES string of the molecule is COc1ccccc1OC(=O)N1CCC(CC#Cc2nc(N)c3ncn([C@@H]4O[C@H](CO)C(O)[C@@H]4O)c3n2)CC1. The van der Waals surface area contributed by atoms with Crippen LogP contribution in [0.25, 0.3) is 11.2 Å². The molecule has 0 aliphatic carbocycles. The van der Waals surface area contributed by atoms with E-state index in [1.165, 1.54) is 18.0 Å². The molecule has 13 heteroatoms. The van der Waals surface area contributed by atoms with Gasteiger partial charge in [-0.3, -0.25) is 4.57 Å². The molecule has 2 aliphatic rings. The fourth-order valence-corrected chi connectivity index (χ4v) is 4.75. The number of carbonyl (C=O) groups is 1. The van der Waals surface area contributed by atoms with Crippen LogP contribution in [0.3, 0.4) is 0 Å². The van der Waals surface area contributed by atoms with Gasteiger partial charge >= 0.3 is 6.09 Å². The second kappa shape index (κ2) is 11.4. The molecule has 1 amide bonds. The highest BCUT2D eigenvalue weighted by molar-refractivity contribution is 5.82. The zero-order valence-corrected chi connectivity index (χ0v) is 21.3. The summed E-state index contributed by atoms with van der Waals surface area (Å²) in [6.45, 7) is 0.662. The van der Waals surface area contributed by atoms with E-state index in [2.05, 4.69) is 26.8 Å². The topological polar surface area (TPSA) is 178 Å². The number of imidazole rings is 1. The number of nitrogens with zero attached hydrogens (tertiary/aromatic N) is 5. The molecular formula is C26H30N6O7. The van der Waals surface area contributed by atoms with Crippen molar-refractivity contribution in [2.75, 3.05) is 32.5 Å². The lowest BCUT2D eigenvalue weighted by Gasteiger charge is -2.30. The number of anilines is 1. The lowest BCUT2D eigenvalue weighted by Crippen LogP contribution is -2.40. The van der Waals surface area contributed by atoms with E-state index in [1.54, 1.807) is 23.1 Å². The number of likely N-dealkylation sites (tertiary alicyclic amines) is 1. The van der Waals surface area contributed by atoms with Crippen LogP contribution < -0.4 is 15.2 Å². The molecule has 206 valence electrons. The molecule has 2 saturated heterocycles. The van der Waals surface area contributed by atoms with Gasteiger partial charge in [0.25, 0.3) is 0 Å². The van der Waals surface area contributed by atoms with Gasteiger partial charge in [0.2, 0.25) is 5.82 Å². The number of rotatable bonds is 5. The lowest BCUT2D eigenvalue weighted by atomic mass is 9.94. The summed E-state index contributed by atoms with van der Waals surface area (Å²) in [5.41, 5.74) is 6.68. The number of benzene rings is 1. The van der Waals surface area contributed by atoms with Gasteiger partial charge in [-0.25, -0.2) is 19.7 Å². The van der Waals surface area contributed by atoms with Gasteiger partial charge in [0.15, 0.2) is 29.2 Å². The van der Waals surface area contributed by atoms with E-state index in [-0.39, 0.29) is 11.6 Å². The number of methoxy groups -OCH3 is 1. The molecule has 5 rings (SSSR count). The molecule has 2 aromatic heterocycles. The van der Waals surface area contributed by atoms with Gasteiger partial charge in [-0.05, 0) is 36.8 Å². The Morgan fingerprint density at radius 2 is 1.92 bits per heavy atom. The second-order valence-corrected chi connectivity index (χ2v) is 9.44. The van der Waals surface area contributed by atoms with E-state index in [9.17, 15) is 20.1 Å². The monoisotopic (exact) mass is 538 g/mol. The first-order valence-electron chi connectivity index (χ1n) is 12.6. The molecule has 2 fully saturated rings. The van der Waals surface area contributed by atoms with E-state index in [0.717, 1.165) is 12.8 Å². The van der Waals surface area contributed by atoms with Crippen LogP contribution in [0, 0.1) is 17.8 Å². The summed E-state index contributed by atoms with van der Waals surface area (Å²) in [4.78, 5) is 27.1. The highest BCUT2D eigenvalue weighted by Crippen LogP contribution is 2.32. The number of amides is 1. The normalized spacial score (nSPS) is 23.4. The smallest absolute Gasteiger partial charge is 0.415 e. The number of carbonyl (C=O) groups excluding carboxylic acids is 1. The summed E-state index contributed by atoms with van der Waals surface area (Å²) in [5, 5.41) is 29.9. The Balaban J connectivity index is 1.20. The van der Waals surface area contributed by atoms with Gasteiger partial charge < -0.3 is 40.2 Å². The van der Waals surface area contributed by atoms with Crippen molar-refractivity contribution >= 4 is 23.1 Å². The molecular weight excluding hydrogens is 508 g/mol. The van der Waals surface area contributed by atoms with Crippen LogP contribution in [0.5, 0.6) is 11.5 Å². The van der Waals surface area contributed by atoms with Crippen LogP contribution in [-0.4, -0.2) is 90.9 Å². The third-order valence-electron chi connectivity index (χ3n) is 6.97. The van der Waals surface area contributed by atoms with Gasteiger partial charge in [-0.15, -0.1) is 0 Å². The minimum Gasteiger partial charge on any atom is -0.493 e. The summed E-state index contributed by atoms with van der Waals surface area (Å²) in [6.07, 6.45) is -1.37. The van der Waals surface area contributed by atoms with Crippen LogP contribution in [-0.2, 0) is 4.74 Å². The molecule has 0 spiro atoms. The van der Waals surface area contributed by atoms with E-state index >= 15 is 0 Å². The quantitative estimate of drug-likeness (QED) is 0.336. The van der Waals surface area contributed by atoms with E-state index in [4.69, 9.17) is 19.9 Å². The summed E-state index contributed by atoms with van der Waals surface area (Å²) in [5.74, 6) is 7.54. The number of fused-ring (bicyclic) bond motifs is 1. The van der Waals surface area contributed by atoms with Crippen molar-refractivity contribution < 1.29 is 34.3 Å². The third-order valence-corrected chi connectivity index (χ3v) is 6.97. The van der Waals surface area contributed by atoms with Crippen molar-refractivity contribution in [3.63, 3.8) is 0 Å². The zero-order valence-electron chi connectivity index (χ0n) is 21.3. The summed E-state index contributed by atoms with van der Waals surface area (Å²) >= 11 is 0. The number of aromatic nitrogens is 4. The second-order valence-electron chi connectivity index (χ2n) is 9.44. The van der Waals surface area contributed by atoms with Crippen LogP contribution >= 0.6 is 0 Å². The third kappa shape index (κ3) is 5.45. The first kappa shape index (κ1) is 26.6. The number of hydrogen-bond donors (Lipinski definition) is 4. The van der Waals surface area contributed by atoms with E-state index < -0.39 is 37.2 Å². The molecule has 39 heavy (non-hydrogen) atoms. The highest BCUT2D eigenvalue weighted by Gasteiger charge is 2.44. The van der Waals surface area contributed by atoms with Crippen molar-refractivity contribution in [1.82, 2.24) is 24.4 Å². The Morgan fingerprint density at radius 1 is 1.18 bits per heavy atom. The molecule has 0 saturated carbocycles. The van der Waals surface area contributed by atoms with Gasteiger partial charge in [0.1, 0.15) is 23.8 Å². The summed E-state index contributed by atoms with van der Waals surface area (Å²) < 4.78 is 17.8. The van der Waals surface area contributed by atoms with Gasteiger partial charge in [0.05, 0.1) is 20.0 Å². The minimum atomic E-state index is -1.29. The van der Waals surface area contributed by atoms with E-state index in [0.29, 0.717) is 48.1 Å². The van der Waals surface area contributed by atoms with Crippen molar-refractivity contribution in [2.45, 2.75) is 43.8 Å². The predicted molar refractivity (Wildman–Crippen MR) is 138 cm³/mol. The average molecular weight is 539 g/mol. The first-order valence-corrected chi connectivity index (χ1v) is 12.6. The van der Waals surface area contributed by atoms with Gasteiger partial charge in [-0.1, -0.05) is 18.1 Å². The van der Waals surface area contributed by atoms with Crippen LogP contribution in [0.15, 0.2) is 30.6 Å². The Hall–Kier alpha value is -3.96. The van der Waals surface area contributed by atoms with Crippen molar-refractivity contribution in [3.05, 3.63) is 36.4 Å². The first-order chi connectivity index (χ1) is 18.9. The van der Waals surface area contributed by atoms with Crippen LogP contribution in [0.2, 0.25) is 0 Å². The minimum absolute atomic E-state index is 0.122. The molecule has 3 aromatic rings. The van der Waals surface area contributed by atoms with Crippen LogP contribution in [0.1, 0.15) is 31.3 Å². The molecule has 1 aromatic carbocycles. The molecule has 4 heterocycles. The van der Waals surface area contributed by atoms with Gasteiger partial charge in [-0.2, -0.15) is 0 Å². The standard InChI is InChI=1S/C26H30N6O7/c1-37-16-6-2-3-7-17(16)39-26(36)31-11-9-15(10-12-31)5-4-8-19-29-23(27)20-24(30-19)32(14-28-20)25-22(35)21(34)18(13-33)38-25/h2-3,6-7,14-15,18,21-22,25,33-35H,5,9-13H2,1H3,(H2,27,29,30)/t18-,21?,22+,25-/m1/s1. The molecule has 0 bridgehead atoms. The summed E-state index contributed by atoms with van der Waals surface area (Å²) in [6, 6.07) is 7.01. The Kier molecular flexibility index (Phi) is 7.80. The molecule has 5 N–H and O–H groups in total. The number of hydrogen-bond acceptors (Lipinski definition) is 11. The molecule has 0 radical (unpaired) electrons. The van der Waals surface area contributed by atoms with Crippen molar-refractivity contribution in [1.29, 1.82) is 0 Å². The number of ether oxygens (including phenoxy) is 3. The maximum atomic E-state index is 12.6. The molecule has 4 atom stereocenters. The Labute approximate surface area is 224 Å².